The molecule has 2 aromatic carbocycles. The monoisotopic (exact) mass is 239 g/mol. The lowest BCUT2D eigenvalue weighted by Gasteiger charge is -2.35. The Morgan fingerprint density at radius 3 is 2.22 bits per heavy atom. The van der Waals surface area contributed by atoms with Crippen LogP contribution < -0.4 is 5.32 Å². The van der Waals surface area contributed by atoms with E-state index in [0.29, 0.717) is 0 Å². The molecule has 92 valence electrons. The minimum Gasteiger partial charge on any atom is -0.387 e. The van der Waals surface area contributed by atoms with E-state index in [0.717, 1.165) is 5.56 Å². The van der Waals surface area contributed by atoms with Crippen molar-refractivity contribution in [1.29, 1.82) is 0 Å². The Morgan fingerprint density at radius 1 is 0.889 bits per heavy atom. The van der Waals surface area contributed by atoms with Crippen LogP contribution in [0.15, 0.2) is 54.6 Å². The predicted molar refractivity (Wildman–Crippen MR) is 72.3 cm³/mol. The molecule has 3 unspecified atom stereocenters. The fraction of sp³-hybridized carbons (Fsp3) is 0.250. The zero-order chi connectivity index (χ0) is 12.5. The minimum atomic E-state index is -0.429. The first-order chi connectivity index (χ1) is 8.77. The standard InChI is InChI=1S/C16H17NO/c1-11-16(18)14-10-6-5-9-13(14)15(17-11)12-7-3-2-4-8-12/h2-11,15-18H,1H3. The van der Waals surface area contributed by atoms with Crippen molar-refractivity contribution < 1.29 is 5.11 Å². The van der Waals surface area contributed by atoms with Crippen molar-refractivity contribution in [3.8, 4) is 0 Å². The van der Waals surface area contributed by atoms with Crippen LogP contribution in [0.25, 0.3) is 0 Å². The Balaban J connectivity index is 2.10. The molecule has 2 nitrogen and oxygen atoms in total. The molecule has 0 saturated heterocycles. The van der Waals surface area contributed by atoms with Gasteiger partial charge in [-0.25, -0.2) is 0 Å². The molecule has 1 aliphatic rings. The fourth-order valence-electron chi connectivity index (χ4n) is 2.68. The summed E-state index contributed by atoms with van der Waals surface area (Å²) in [7, 11) is 0. The van der Waals surface area contributed by atoms with Gasteiger partial charge in [0.15, 0.2) is 0 Å². The van der Waals surface area contributed by atoms with Crippen molar-refractivity contribution in [3.63, 3.8) is 0 Å². The first-order valence-electron chi connectivity index (χ1n) is 6.35. The van der Waals surface area contributed by atoms with Crippen LogP contribution in [0.5, 0.6) is 0 Å². The molecule has 0 saturated carbocycles. The lowest BCUT2D eigenvalue weighted by molar-refractivity contribution is 0.120. The summed E-state index contributed by atoms with van der Waals surface area (Å²) in [6.07, 6.45) is -0.429. The largest absolute Gasteiger partial charge is 0.387 e. The van der Waals surface area contributed by atoms with Gasteiger partial charge in [0, 0.05) is 6.04 Å². The Bertz CT molecular complexity index is 538. The molecular formula is C16H17NO. The lowest BCUT2D eigenvalue weighted by atomic mass is 9.85. The average Bonchev–Trinajstić information content (AvgIpc) is 2.44. The van der Waals surface area contributed by atoms with Gasteiger partial charge in [-0.3, -0.25) is 0 Å². The van der Waals surface area contributed by atoms with Gasteiger partial charge in [0.05, 0.1) is 12.1 Å². The van der Waals surface area contributed by atoms with Crippen LogP contribution >= 0.6 is 0 Å². The smallest absolute Gasteiger partial charge is 0.0943 e. The molecule has 0 radical (unpaired) electrons. The Labute approximate surface area is 107 Å². The van der Waals surface area contributed by atoms with Crippen molar-refractivity contribution in [2.24, 2.45) is 0 Å². The second-order valence-electron chi connectivity index (χ2n) is 4.87. The number of hydrogen-bond donors (Lipinski definition) is 2. The number of fused-ring (bicyclic) bond motifs is 1. The molecule has 18 heavy (non-hydrogen) atoms. The van der Waals surface area contributed by atoms with E-state index >= 15 is 0 Å². The number of aliphatic hydroxyl groups is 1. The summed E-state index contributed by atoms with van der Waals surface area (Å²) in [5, 5.41) is 13.7. The summed E-state index contributed by atoms with van der Waals surface area (Å²) in [6.45, 7) is 2.02. The highest BCUT2D eigenvalue weighted by Crippen LogP contribution is 2.35. The molecule has 3 rings (SSSR count). The molecule has 2 N–H and O–H groups in total. The van der Waals surface area contributed by atoms with E-state index in [1.54, 1.807) is 0 Å². The average molecular weight is 239 g/mol. The first kappa shape index (κ1) is 11.5. The van der Waals surface area contributed by atoms with Crippen LogP contribution in [0.4, 0.5) is 0 Å². The number of aliphatic hydroxyl groups excluding tert-OH is 1. The number of rotatable bonds is 1. The molecule has 1 aliphatic heterocycles. The van der Waals surface area contributed by atoms with Crippen LogP contribution in [0.3, 0.4) is 0 Å². The minimum absolute atomic E-state index is 0.0603. The molecule has 2 aromatic rings. The third-order valence-corrected chi connectivity index (χ3v) is 3.66. The highest BCUT2D eigenvalue weighted by atomic mass is 16.3. The van der Waals surface area contributed by atoms with Crippen molar-refractivity contribution in [1.82, 2.24) is 5.32 Å². The van der Waals surface area contributed by atoms with Gasteiger partial charge >= 0.3 is 0 Å². The fourth-order valence-corrected chi connectivity index (χ4v) is 2.68. The van der Waals surface area contributed by atoms with Gasteiger partial charge in [0.2, 0.25) is 0 Å². The third kappa shape index (κ3) is 1.84. The van der Waals surface area contributed by atoms with E-state index in [2.05, 4.69) is 35.6 Å². The van der Waals surface area contributed by atoms with Crippen molar-refractivity contribution in [2.45, 2.75) is 25.1 Å². The number of benzene rings is 2. The normalized spacial score (nSPS) is 26.7. The molecule has 0 bridgehead atoms. The lowest BCUT2D eigenvalue weighted by Crippen LogP contribution is -2.41. The van der Waals surface area contributed by atoms with Gasteiger partial charge < -0.3 is 10.4 Å². The van der Waals surface area contributed by atoms with Crippen LogP contribution in [-0.4, -0.2) is 11.1 Å². The summed E-state index contributed by atoms with van der Waals surface area (Å²) >= 11 is 0. The Morgan fingerprint density at radius 2 is 1.50 bits per heavy atom. The number of hydrogen-bond acceptors (Lipinski definition) is 2. The zero-order valence-corrected chi connectivity index (χ0v) is 10.4. The van der Waals surface area contributed by atoms with Crippen molar-refractivity contribution in [2.75, 3.05) is 0 Å². The molecule has 0 fully saturated rings. The quantitative estimate of drug-likeness (QED) is 0.802. The van der Waals surface area contributed by atoms with Gasteiger partial charge in [-0.05, 0) is 23.6 Å². The van der Waals surface area contributed by atoms with E-state index in [9.17, 15) is 5.11 Å². The molecule has 0 spiro atoms. The maximum Gasteiger partial charge on any atom is 0.0943 e. The second kappa shape index (κ2) is 4.56. The first-order valence-corrected chi connectivity index (χ1v) is 6.35. The van der Waals surface area contributed by atoms with Gasteiger partial charge in [-0.15, -0.1) is 0 Å². The summed E-state index contributed by atoms with van der Waals surface area (Å²) in [5.41, 5.74) is 3.45. The second-order valence-corrected chi connectivity index (χ2v) is 4.87. The Hall–Kier alpha value is -1.64. The molecule has 1 heterocycles. The van der Waals surface area contributed by atoms with E-state index in [1.165, 1.54) is 11.1 Å². The summed E-state index contributed by atoms with van der Waals surface area (Å²) in [6, 6.07) is 18.7. The van der Waals surface area contributed by atoms with Gasteiger partial charge in [0.1, 0.15) is 0 Å². The highest BCUT2D eigenvalue weighted by Gasteiger charge is 2.30. The maximum absolute atomic E-state index is 10.2. The summed E-state index contributed by atoms with van der Waals surface area (Å²) in [5.74, 6) is 0. The van der Waals surface area contributed by atoms with E-state index < -0.39 is 6.10 Å². The molecule has 0 amide bonds. The summed E-state index contributed by atoms with van der Waals surface area (Å²) < 4.78 is 0. The van der Waals surface area contributed by atoms with Gasteiger partial charge in [0.25, 0.3) is 0 Å². The van der Waals surface area contributed by atoms with Crippen LogP contribution in [0, 0.1) is 0 Å². The van der Waals surface area contributed by atoms with Gasteiger partial charge in [-0.2, -0.15) is 0 Å². The molecule has 0 aromatic heterocycles. The van der Waals surface area contributed by atoms with Crippen molar-refractivity contribution >= 4 is 0 Å². The molecule has 2 heteroatoms. The predicted octanol–water partition coefficient (Wildman–Crippen LogP) is 2.80. The molecule has 3 atom stereocenters. The van der Waals surface area contributed by atoms with Crippen molar-refractivity contribution in [3.05, 3.63) is 71.3 Å². The van der Waals surface area contributed by atoms with Gasteiger partial charge in [-0.1, -0.05) is 54.6 Å². The SMILES string of the molecule is CC1NC(c2ccccc2)c2ccccc2C1O. The molecule has 0 aliphatic carbocycles. The van der Waals surface area contributed by atoms with E-state index in [1.807, 2.05) is 31.2 Å². The number of nitrogens with one attached hydrogen (secondary N) is 1. The maximum atomic E-state index is 10.2. The van der Waals surface area contributed by atoms with Crippen LogP contribution in [0.1, 0.15) is 35.8 Å². The van der Waals surface area contributed by atoms with E-state index in [-0.39, 0.29) is 12.1 Å². The van der Waals surface area contributed by atoms with Crippen LogP contribution in [-0.2, 0) is 0 Å². The van der Waals surface area contributed by atoms with Crippen LogP contribution in [0.2, 0.25) is 0 Å². The zero-order valence-electron chi connectivity index (χ0n) is 10.4. The molecular weight excluding hydrogens is 222 g/mol. The Kier molecular flexibility index (Phi) is 2.90. The third-order valence-electron chi connectivity index (χ3n) is 3.66. The highest BCUT2D eigenvalue weighted by molar-refractivity contribution is 5.41. The van der Waals surface area contributed by atoms with E-state index in [4.69, 9.17) is 0 Å². The topological polar surface area (TPSA) is 32.3 Å². The summed E-state index contributed by atoms with van der Waals surface area (Å²) in [4.78, 5) is 0.